The van der Waals surface area contributed by atoms with Crippen LogP contribution in [0.25, 0.3) is 11.4 Å². The van der Waals surface area contributed by atoms with Gasteiger partial charge in [0, 0.05) is 11.3 Å². The highest BCUT2D eigenvalue weighted by Crippen LogP contribution is 2.42. The highest BCUT2D eigenvalue weighted by molar-refractivity contribution is 5.63. The third-order valence-corrected chi connectivity index (χ3v) is 4.97. The molecule has 0 radical (unpaired) electrons. The Morgan fingerprint density at radius 1 is 1.29 bits per heavy atom. The summed E-state index contributed by atoms with van der Waals surface area (Å²) in [6, 6.07) is 6.03. The van der Waals surface area contributed by atoms with Crippen LogP contribution in [0.15, 0.2) is 18.2 Å². The van der Waals surface area contributed by atoms with Crippen LogP contribution in [0.3, 0.4) is 0 Å². The van der Waals surface area contributed by atoms with Gasteiger partial charge in [0.15, 0.2) is 5.82 Å². The summed E-state index contributed by atoms with van der Waals surface area (Å²) < 4.78 is 1.96. The summed E-state index contributed by atoms with van der Waals surface area (Å²) in [6.45, 7) is 5.19. The van der Waals surface area contributed by atoms with E-state index in [1.165, 1.54) is 32.1 Å². The molecular formula is C16H23N5. The van der Waals surface area contributed by atoms with Crippen molar-refractivity contribution in [2.24, 2.45) is 5.41 Å². The molecule has 1 aromatic carbocycles. The van der Waals surface area contributed by atoms with Crippen LogP contribution < -0.4 is 5.73 Å². The lowest BCUT2D eigenvalue weighted by molar-refractivity contribution is 0.226. The van der Waals surface area contributed by atoms with Gasteiger partial charge in [-0.05, 0) is 53.7 Å². The predicted molar refractivity (Wildman–Crippen MR) is 83.6 cm³/mol. The van der Waals surface area contributed by atoms with E-state index in [1.807, 2.05) is 29.8 Å². The zero-order valence-corrected chi connectivity index (χ0v) is 12.8. The maximum Gasteiger partial charge on any atom is 0.182 e. The Morgan fingerprint density at radius 2 is 2.05 bits per heavy atom. The van der Waals surface area contributed by atoms with Gasteiger partial charge in [-0.2, -0.15) is 0 Å². The third-order valence-electron chi connectivity index (χ3n) is 4.97. The number of hydrogen-bond donors (Lipinski definition) is 1. The number of aryl methyl sites for hydroxylation is 1. The Morgan fingerprint density at radius 3 is 2.71 bits per heavy atom. The molecular weight excluding hydrogens is 262 g/mol. The summed E-state index contributed by atoms with van der Waals surface area (Å²) in [6.07, 6.45) is 6.38. The van der Waals surface area contributed by atoms with Crippen molar-refractivity contribution < 1.29 is 0 Å². The molecule has 1 aliphatic carbocycles. The van der Waals surface area contributed by atoms with E-state index in [4.69, 9.17) is 5.73 Å². The van der Waals surface area contributed by atoms with Gasteiger partial charge >= 0.3 is 0 Å². The van der Waals surface area contributed by atoms with Crippen LogP contribution in [0, 0.1) is 12.3 Å². The van der Waals surface area contributed by atoms with Gasteiger partial charge in [0.1, 0.15) is 0 Å². The van der Waals surface area contributed by atoms with E-state index in [2.05, 4.69) is 22.4 Å². The van der Waals surface area contributed by atoms with Crippen molar-refractivity contribution in [2.75, 3.05) is 5.73 Å². The van der Waals surface area contributed by atoms with E-state index >= 15 is 0 Å². The van der Waals surface area contributed by atoms with Crippen LogP contribution in [0.2, 0.25) is 0 Å². The van der Waals surface area contributed by atoms with Crippen LogP contribution in [0.4, 0.5) is 5.69 Å². The van der Waals surface area contributed by atoms with Crippen molar-refractivity contribution in [3.8, 4) is 11.4 Å². The number of benzene rings is 1. The highest BCUT2D eigenvalue weighted by Gasteiger charge is 2.33. The van der Waals surface area contributed by atoms with Gasteiger partial charge in [-0.25, -0.2) is 4.68 Å². The number of anilines is 1. The Labute approximate surface area is 125 Å². The van der Waals surface area contributed by atoms with Crippen LogP contribution >= 0.6 is 0 Å². The highest BCUT2D eigenvalue weighted by atomic mass is 15.5. The van der Waals surface area contributed by atoms with Crippen molar-refractivity contribution in [1.82, 2.24) is 20.2 Å². The van der Waals surface area contributed by atoms with Crippen molar-refractivity contribution in [3.05, 3.63) is 23.8 Å². The minimum atomic E-state index is 0.361. The molecule has 0 aliphatic heterocycles. The van der Waals surface area contributed by atoms with E-state index < -0.39 is 0 Å². The minimum Gasteiger partial charge on any atom is -0.398 e. The fourth-order valence-electron chi connectivity index (χ4n) is 3.36. The lowest BCUT2D eigenvalue weighted by Gasteiger charge is -2.27. The average molecular weight is 285 g/mol. The van der Waals surface area contributed by atoms with Gasteiger partial charge in [0.05, 0.1) is 6.54 Å². The SMILES string of the molecule is CCC1(Cn2nnnc2-c2ccc(C)c(N)c2)CCCC1. The number of nitrogens with two attached hydrogens (primary N) is 1. The van der Waals surface area contributed by atoms with Gasteiger partial charge in [0.25, 0.3) is 0 Å². The first-order chi connectivity index (χ1) is 10.1. The minimum absolute atomic E-state index is 0.361. The molecule has 5 heteroatoms. The fourth-order valence-corrected chi connectivity index (χ4v) is 3.36. The molecule has 0 saturated heterocycles. The van der Waals surface area contributed by atoms with Crippen molar-refractivity contribution >= 4 is 5.69 Å². The molecule has 2 N–H and O–H groups in total. The molecule has 112 valence electrons. The second-order valence-corrected chi connectivity index (χ2v) is 6.29. The first kappa shape index (κ1) is 14.0. The maximum absolute atomic E-state index is 6.01. The molecule has 1 heterocycles. The second-order valence-electron chi connectivity index (χ2n) is 6.29. The monoisotopic (exact) mass is 285 g/mol. The van der Waals surface area contributed by atoms with Gasteiger partial charge in [-0.15, -0.1) is 5.10 Å². The largest absolute Gasteiger partial charge is 0.398 e. The number of aromatic nitrogens is 4. The van der Waals surface area contributed by atoms with Gasteiger partial charge in [-0.1, -0.05) is 31.9 Å². The molecule has 1 aliphatic rings. The maximum atomic E-state index is 6.01. The quantitative estimate of drug-likeness (QED) is 0.876. The molecule has 0 bridgehead atoms. The molecule has 0 amide bonds. The molecule has 2 aromatic rings. The van der Waals surface area contributed by atoms with E-state index in [9.17, 15) is 0 Å². The molecule has 0 atom stereocenters. The molecule has 21 heavy (non-hydrogen) atoms. The number of tetrazole rings is 1. The molecule has 5 nitrogen and oxygen atoms in total. The van der Waals surface area contributed by atoms with Gasteiger partial charge in [-0.3, -0.25) is 0 Å². The third kappa shape index (κ3) is 2.64. The molecule has 1 aromatic heterocycles. The summed E-state index contributed by atoms with van der Waals surface area (Å²) in [5.74, 6) is 0.821. The summed E-state index contributed by atoms with van der Waals surface area (Å²) in [4.78, 5) is 0. The number of rotatable bonds is 4. The zero-order valence-electron chi connectivity index (χ0n) is 12.8. The summed E-state index contributed by atoms with van der Waals surface area (Å²) in [7, 11) is 0. The van der Waals surface area contributed by atoms with E-state index in [0.29, 0.717) is 5.41 Å². The van der Waals surface area contributed by atoms with Crippen LogP contribution in [-0.4, -0.2) is 20.2 Å². The molecule has 1 saturated carbocycles. The second kappa shape index (κ2) is 5.47. The lowest BCUT2D eigenvalue weighted by atomic mass is 9.83. The zero-order chi connectivity index (χ0) is 14.9. The molecule has 3 rings (SSSR count). The topological polar surface area (TPSA) is 69.6 Å². The molecule has 0 spiro atoms. The lowest BCUT2D eigenvalue weighted by Crippen LogP contribution is -2.24. The normalized spacial score (nSPS) is 17.2. The van der Waals surface area contributed by atoms with Crippen molar-refractivity contribution in [2.45, 2.75) is 52.5 Å². The Kier molecular flexibility index (Phi) is 3.66. The van der Waals surface area contributed by atoms with Crippen LogP contribution in [-0.2, 0) is 6.54 Å². The van der Waals surface area contributed by atoms with E-state index in [-0.39, 0.29) is 0 Å². The molecule has 0 unspecified atom stereocenters. The van der Waals surface area contributed by atoms with Crippen molar-refractivity contribution in [3.63, 3.8) is 0 Å². The first-order valence-electron chi connectivity index (χ1n) is 7.76. The van der Waals surface area contributed by atoms with E-state index in [0.717, 1.165) is 29.2 Å². The summed E-state index contributed by atoms with van der Waals surface area (Å²) in [5.41, 5.74) is 9.24. The summed E-state index contributed by atoms with van der Waals surface area (Å²) in [5, 5.41) is 12.3. The Hall–Kier alpha value is -1.91. The number of nitrogen functional groups attached to an aromatic ring is 1. The Balaban J connectivity index is 1.91. The van der Waals surface area contributed by atoms with Gasteiger partial charge < -0.3 is 5.73 Å². The van der Waals surface area contributed by atoms with Crippen LogP contribution in [0.5, 0.6) is 0 Å². The van der Waals surface area contributed by atoms with E-state index in [1.54, 1.807) is 0 Å². The predicted octanol–water partition coefficient (Wildman–Crippen LogP) is 3.20. The van der Waals surface area contributed by atoms with Gasteiger partial charge in [0.2, 0.25) is 0 Å². The fraction of sp³-hybridized carbons (Fsp3) is 0.562. The smallest absolute Gasteiger partial charge is 0.182 e. The number of hydrogen-bond acceptors (Lipinski definition) is 4. The summed E-state index contributed by atoms with van der Waals surface area (Å²) >= 11 is 0. The average Bonchev–Trinajstić information content (AvgIpc) is 3.12. The van der Waals surface area contributed by atoms with Crippen molar-refractivity contribution in [1.29, 1.82) is 0 Å². The molecule has 1 fully saturated rings. The van der Waals surface area contributed by atoms with Crippen LogP contribution in [0.1, 0.15) is 44.6 Å². The Bertz CT molecular complexity index is 625. The first-order valence-corrected chi connectivity index (χ1v) is 7.76. The number of nitrogens with zero attached hydrogens (tertiary/aromatic N) is 4. The standard InChI is InChI=1S/C16H23N5/c1-3-16(8-4-5-9-16)11-21-15(18-19-20-21)13-7-6-12(2)14(17)10-13/h6-7,10H,3-5,8-9,11,17H2,1-2H3.